The van der Waals surface area contributed by atoms with Gasteiger partial charge in [-0.2, -0.15) is 0 Å². The van der Waals surface area contributed by atoms with Gasteiger partial charge in [0.15, 0.2) is 0 Å². The molecule has 2 aliphatic carbocycles. The molecule has 0 unspecified atom stereocenters. The van der Waals surface area contributed by atoms with Gasteiger partial charge in [0.25, 0.3) is 0 Å². The molecular formula is C32H35IN2. The lowest BCUT2D eigenvalue weighted by Gasteiger charge is -2.18. The highest BCUT2D eigenvalue weighted by Gasteiger charge is 2.16. The molecular weight excluding hydrogens is 539 g/mol. The summed E-state index contributed by atoms with van der Waals surface area (Å²) in [6, 6.07) is 25.1. The van der Waals surface area contributed by atoms with E-state index < -0.39 is 0 Å². The van der Waals surface area contributed by atoms with Crippen molar-refractivity contribution in [3.8, 4) is 22.3 Å². The topological polar surface area (TPSA) is 24.7 Å². The van der Waals surface area contributed by atoms with Gasteiger partial charge in [-0.15, -0.1) is 0 Å². The van der Waals surface area contributed by atoms with E-state index in [1.165, 1.54) is 101 Å². The van der Waals surface area contributed by atoms with Crippen molar-refractivity contribution in [3.05, 3.63) is 81.4 Å². The maximum Gasteiger partial charge on any atom is 0.0499 e. The summed E-state index contributed by atoms with van der Waals surface area (Å²) in [5, 5.41) is 0. The number of benzene rings is 3. The highest BCUT2D eigenvalue weighted by molar-refractivity contribution is 14.1. The third-order valence-electron chi connectivity index (χ3n) is 7.50. The molecule has 0 bridgehead atoms. The van der Waals surface area contributed by atoms with E-state index in [0.29, 0.717) is 12.1 Å². The first-order chi connectivity index (χ1) is 17.3. The molecule has 0 aromatic heterocycles. The van der Waals surface area contributed by atoms with E-state index in [1.807, 2.05) is 0 Å². The van der Waals surface area contributed by atoms with Gasteiger partial charge < -0.3 is 0 Å². The highest BCUT2D eigenvalue weighted by atomic mass is 127. The van der Waals surface area contributed by atoms with Crippen LogP contribution in [0.3, 0.4) is 0 Å². The number of aliphatic imine (C=N–C) groups is 2. The Kier molecular flexibility index (Phi) is 8.46. The molecule has 0 saturated heterocycles. The van der Waals surface area contributed by atoms with Crippen molar-refractivity contribution in [1.82, 2.24) is 0 Å². The normalized spacial score (nSPS) is 18.0. The predicted molar refractivity (Wildman–Crippen MR) is 159 cm³/mol. The van der Waals surface area contributed by atoms with Crippen molar-refractivity contribution >= 4 is 35.0 Å². The summed E-state index contributed by atoms with van der Waals surface area (Å²) in [6.45, 7) is 0. The summed E-state index contributed by atoms with van der Waals surface area (Å²) in [7, 11) is 0. The molecule has 180 valence electrons. The Morgan fingerprint density at radius 1 is 0.514 bits per heavy atom. The quantitative estimate of drug-likeness (QED) is 0.207. The molecule has 5 rings (SSSR count). The third-order valence-corrected chi connectivity index (χ3v) is 8.66. The van der Waals surface area contributed by atoms with Gasteiger partial charge in [0.1, 0.15) is 0 Å². The number of hydrogen-bond acceptors (Lipinski definition) is 2. The van der Waals surface area contributed by atoms with E-state index in [4.69, 9.17) is 9.98 Å². The molecule has 2 aliphatic rings. The van der Waals surface area contributed by atoms with Crippen LogP contribution in [0.25, 0.3) is 22.3 Å². The molecule has 3 heteroatoms. The van der Waals surface area contributed by atoms with Crippen molar-refractivity contribution in [2.24, 2.45) is 9.98 Å². The lowest BCUT2D eigenvalue weighted by Crippen LogP contribution is -2.09. The minimum absolute atomic E-state index is 0.484. The zero-order chi connectivity index (χ0) is 23.9. The summed E-state index contributed by atoms with van der Waals surface area (Å²) < 4.78 is 1.28. The number of rotatable bonds is 6. The average molecular weight is 575 g/mol. The molecule has 3 aromatic rings. The van der Waals surface area contributed by atoms with Crippen molar-refractivity contribution in [2.45, 2.75) is 76.3 Å². The fraction of sp³-hybridized carbons (Fsp3) is 0.375. The summed E-state index contributed by atoms with van der Waals surface area (Å²) in [6.07, 6.45) is 17.1. The first kappa shape index (κ1) is 24.4. The molecule has 2 nitrogen and oxygen atoms in total. The van der Waals surface area contributed by atoms with Crippen LogP contribution in [0.2, 0.25) is 0 Å². The predicted octanol–water partition coefficient (Wildman–Crippen LogP) is 9.13. The SMILES string of the molecule is Ic1c(-c2ccccc2C=NC2CCCCC2)cccc1-c1ccccc1C=NC1CCCCC1. The van der Waals surface area contributed by atoms with Gasteiger partial charge in [-0.05, 0) is 70.5 Å². The van der Waals surface area contributed by atoms with Gasteiger partial charge in [-0.1, -0.05) is 105 Å². The van der Waals surface area contributed by atoms with Crippen LogP contribution in [0.4, 0.5) is 0 Å². The first-order valence-corrected chi connectivity index (χ1v) is 14.4. The van der Waals surface area contributed by atoms with Crippen LogP contribution in [0.5, 0.6) is 0 Å². The molecule has 0 heterocycles. The van der Waals surface area contributed by atoms with E-state index in [1.54, 1.807) is 0 Å². The molecule has 2 fully saturated rings. The van der Waals surface area contributed by atoms with Crippen molar-refractivity contribution < 1.29 is 0 Å². The van der Waals surface area contributed by atoms with Gasteiger partial charge in [0.2, 0.25) is 0 Å². The Balaban J connectivity index is 1.47. The second-order valence-electron chi connectivity index (χ2n) is 9.98. The number of nitrogens with zero attached hydrogens (tertiary/aromatic N) is 2. The Bertz CT molecular complexity index is 1090. The van der Waals surface area contributed by atoms with Crippen LogP contribution >= 0.6 is 22.6 Å². The lowest BCUT2D eigenvalue weighted by molar-refractivity contribution is 0.444. The molecule has 35 heavy (non-hydrogen) atoms. The smallest absolute Gasteiger partial charge is 0.0499 e. The van der Waals surface area contributed by atoms with Crippen LogP contribution in [0, 0.1) is 3.57 Å². The van der Waals surface area contributed by atoms with Gasteiger partial charge in [-0.3, -0.25) is 9.98 Å². The zero-order valence-corrected chi connectivity index (χ0v) is 22.7. The second-order valence-corrected chi connectivity index (χ2v) is 11.1. The molecule has 0 atom stereocenters. The van der Waals surface area contributed by atoms with Crippen molar-refractivity contribution in [1.29, 1.82) is 0 Å². The van der Waals surface area contributed by atoms with Gasteiger partial charge >= 0.3 is 0 Å². The molecule has 0 aliphatic heterocycles. The number of hydrogen-bond donors (Lipinski definition) is 0. The van der Waals surface area contributed by atoms with Gasteiger partial charge in [0.05, 0.1) is 0 Å². The molecule has 0 spiro atoms. The molecule has 0 amide bonds. The van der Waals surface area contributed by atoms with Crippen LogP contribution in [-0.4, -0.2) is 24.5 Å². The lowest BCUT2D eigenvalue weighted by atomic mass is 9.93. The van der Waals surface area contributed by atoms with E-state index >= 15 is 0 Å². The molecule has 3 aromatic carbocycles. The molecule has 0 N–H and O–H groups in total. The summed E-state index contributed by atoms with van der Waals surface area (Å²) >= 11 is 2.54. The van der Waals surface area contributed by atoms with Gasteiger partial charge in [-0.25, -0.2) is 0 Å². The third kappa shape index (κ3) is 6.11. The largest absolute Gasteiger partial charge is 0.289 e. The van der Waals surface area contributed by atoms with E-state index in [-0.39, 0.29) is 0 Å². The minimum Gasteiger partial charge on any atom is -0.289 e. The Morgan fingerprint density at radius 3 is 1.37 bits per heavy atom. The maximum atomic E-state index is 4.99. The maximum absolute atomic E-state index is 4.99. The Morgan fingerprint density at radius 2 is 0.914 bits per heavy atom. The van der Waals surface area contributed by atoms with E-state index in [9.17, 15) is 0 Å². The first-order valence-electron chi connectivity index (χ1n) is 13.3. The minimum atomic E-state index is 0.484. The van der Waals surface area contributed by atoms with Crippen molar-refractivity contribution in [2.75, 3.05) is 0 Å². The van der Waals surface area contributed by atoms with Crippen LogP contribution in [0.15, 0.2) is 76.7 Å². The second kappa shape index (κ2) is 12.1. The van der Waals surface area contributed by atoms with Crippen molar-refractivity contribution in [3.63, 3.8) is 0 Å². The summed E-state index contributed by atoms with van der Waals surface area (Å²) in [4.78, 5) is 9.98. The number of halogens is 1. The van der Waals surface area contributed by atoms with Gasteiger partial charge in [0, 0.05) is 39.2 Å². The average Bonchev–Trinajstić information content (AvgIpc) is 2.93. The zero-order valence-electron chi connectivity index (χ0n) is 20.5. The summed E-state index contributed by atoms with van der Waals surface area (Å²) in [5.41, 5.74) is 7.47. The standard InChI is InChI=1S/C32H35IN2/c33-32-30(28-18-9-7-12-24(28)22-34-26-14-3-1-4-15-26)20-11-21-31(32)29-19-10-8-13-25(29)23-35-27-16-5-2-6-17-27/h7-13,18-23,26-27H,1-6,14-17H2. The van der Waals surface area contributed by atoms with Crippen LogP contribution < -0.4 is 0 Å². The van der Waals surface area contributed by atoms with Crippen LogP contribution in [0.1, 0.15) is 75.3 Å². The molecule has 2 saturated carbocycles. The fourth-order valence-electron chi connectivity index (χ4n) is 5.49. The monoisotopic (exact) mass is 574 g/mol. The van der Waals surface area contributed by atoms with Crippen LogP contribution in [-0.2, 0) is 0 Å². The van der Waals surface area contributed by atoms with E-state index in [0.717, 1.165) is 0 Å². The van der Waals surface area contributed by atoms with E-state index in [2.05, 4.69) is 102 Å². The Hall–Kier alpha value is -2.27. The fourth-order valence-corrected chi connectivity index (χ4v) is 6.43. The summed E-state index contributed by atoms with van der Waals surface area (Å²) in [5.74, 6) is 0. The highest BCUT2D eigenvalue weighted by Crippen LogP contribution is 2.36. The Labute approximate surface area is 224 Å². The molecule has 0 radical (unpaired) electrons.